The van der Waals surface area contributed by atoms with Gasteiger partial charge in [0.1, 0.15) is 5.75 Å². The summed E-state index contributed by atoms with van der Waals surface area (Å²) in [5, 5.41) is 6.54. The van der Waals surface area contributed by atoms with Gasteiger partial charge in [0.15, 0.2) is 5.96 Å². The molecule has 0 atom stereocenters. The third-order valence-electron chi connectivity index (χ3n) is 2.57. The van der Waals surface area contributed by atoms with Gasteiger partial charge in [-0.1, -0.05) is 12.1 Å². The zero-order valence-electron chi connectivity index (χ0n) is 12.4. The topological polar surface area (TPSA) is 45.7 Å². The van der Waals surface area contributed by atoms with Crippen LogP contribution in [0.2, 0.25) is 0 Å². The van der Waals surface area contributed by atoms with Gasteiger partial charge < -0.3 is 15.4 Å². The third kappa shape index (κ3) is 6.13. The third-order valence-corrected chi connectivity index (χ3v) is 2.57. The van der Waals surface area contributed by atoms with Crippen LogP contribution in [0.1, 0.15) is 26.3 Å². The SMILES string of the molecule is CCNC(=NCCc1cccc(OC)c1)NC(C)C. The van der Waals surface area contributed by atoms with Gasteiger partial charge in [0.25, 0.3) is 0 Å². The van der Waals surface area contributed by atoms with Gasteiger partial charge in [-0.2, -0.15) is 0 Å². The number of rotatable bonds is 6. The molecule has 0 heterocycles. The number of methoxy groups -OCH3 is 1. The van der Waals surface area contributed by atoms with Crippen LogP contribution in [0.4, 0.5) is 0 Å². The molecule has 0 aliphatic rings. The monoisotopic (exact) mass is 263 g/mol. The first kappa shape index (κ1) is 15.3. The van der Waals surface area contributed by atoms with E-state index in [4.69, 9.17) is 4.74 Å². The molecular weight excluding hydrogens is 238 g/mol. The maximum Gasteiger partial charge on any atom is 0.191 e. The van der Waals surface area contributed by atoms with E-state index >= 15 is 0 Å². The van der Waals surface area contributed by atoms with E-state index in [-0.39, 0.29) is 0 Å². The molecule has 0 aliphatic heterocycles. The maximum absolute atomic E-state index is 5.21. The lowest BCUT2D eigenvalue weighted by atomic mass is 10.1. The summed E-state index contributed by atoms with van der Waals surface area (Å²) in [6.45, 7) is 7.91. The van der Waals surface area contributed by atoms with E-state index in [1.54, 1.807) is 7.11 Å². The van der Waals surface area contributed by atoms with Crippen LogP contribution >= 0.6 is 0 Å². The number of hydrogen-bond acceptors (Lipinski definition) is 2. The second-order valence-corrected chi connectivity index (χ2v) is 4.66. The average molecular weight is 263 g/mol. The average Bonchev–Trinajstić information content (AvgIpc) is 2.38. The fraction of sp³-hybridized carbons (Fsp3) is 0.533. The smallest absolute Gasteiger partial charge is 0.191 e. The molecule has 0 spiro atoms. The highest BCUT2D eigenvalue weighted by molar-refractivity contribution is 5.79. The summed E-state index contributed by atoms with van der Waals surface area (Å²) in [4.78, 5) is 4.56. The highest BCUT2D eigenvalue weighted by atomic mass is 16.5. The molecule has 106 valence electrons. The molecule has 19 heavy (non-hydrogen) atoms. The molecule has 4 nitrogen and oxygen atoms in total. The van der Waals surface area contributed by atoms with E-state index in [2.05, 4.69) is 48.5 Å². The van der Waals surface area contributed by atoms with Gasteiger partial charge in [-0.3, -0.25) is 4.99 Å². The molecule has 0 aliphatic carbocycles. The first-order valence-corrected chi connectivity index (χ1v) is 6.83. The van der Waals surface area contributed by atoms with Gasteiger partial charge >= 0.3 is 0 Å². The highest BCUT2D eigenvalue weighted by Crippen LogP contribution is 2.12. The minimum Gasteiger partial charge on any atom is -0.497 e. The predicted molar refractivity (Wildman–Crippen MR) is 80.9 cm³/mol. The number of hydrogen-bond donors (Lipinski definition) is 2. The highest BCUT2D eigenvalue weighted by Gasteiger charge is 2.00. The summed E-state index contributed by atoms with van der Waals surface area (Å²) in [6, 6.07) is 8.50. The summed E-state index contributed by atoms with van der Waals surface area (Å²) < 4.78 is 5.21. The van der Waals surface area contributed by atoms with Gasteiger partial charge in [-0.25, -0.2) is 0 Å². The molecule has 0 aromatic heterocycles. The van der Waals surface area contributed by atoms with Gasteiger partial charge in [-0.15, -0.1) is 0 Å². The lowest BCUT2D eigenvalue weighted by Gasteiger charge is -2.13. The zero-order valence-corrected chi connectivity index (χ0v) is 12.4. The summed E-state index contributed by atoms with van der Waals surface area (Å²) in [5.74, 6) is 1.77. The van der Waals surface area contributed by atoms with Crippen molar-refractivity contribution in [3.05, 3.63) is 29.8 Å². The number of nitrogens with zero attached hydrogens (tertiary/aromatic N) is 1. The summed E-state index contributed by atoms with van der Waals surface area (Å²) in [6.07, 6.45) is 0.909. The maximum atomic E-state index is 5.21. The normalized spacial score (nSPS) is 11.5. The molecular formula is C15H25N3O. The number of nitrogens with one attached hydrogen (secondary N) is 2. The fourth-order valence-electron chi connectivity index (χ4n) is 1.72. The molecule has 0 amide bonds. The lowest BCUT2D eigenvalue weighted by Crippen LogP contribution is -2.41. The Morgan fingerprint density at radius 3 is 2.79 bits per heavy atom. The molecule has 1 aromatic rings. The van der Waals surface area contributed by atoms with Gasteiger partial charge in [-0.05, 0) is 44.9 Å². The van der Waals surface area contributed by atoms with Crippen molar-refractivity contribution < 1.29 is 4.74 Å². The molecule has 0 fully saturated rings. The summed E-state index contributed by atoms with van der Waals surface area (Å²) in [7, 11) is 1.69. The van der Waals surface area contributed by atoms with Crippen molar-refractivity contribution in [3.8, 4) is 5.75 Å². The van der Waals surface area contributed by atoms with E-state index in [0.717, 1.165) is 31.2 Å². The van der Waals surface area contributed by atoms with Gasteiger partial charge in [0.05, 0.1) is 7.11 Å². The summed E-state index contributed by atoms with van der Waals surface area (Å²) >= 11 is 0. The molecule has 2 N–H and O–H groups in total. The van der Waals surface area contributed by atoms with Crippen LogP contribution in [-0.2, 0) is 6.42 Å². The van der Waals surface area contributed by atoms with Gasteiger partial charge in [0, 0.05) is 19.1 Å². The van der Waals surface area contributed by atoms with Crippen molar-refractivity contribution in [1.29, 1.82) is 0 Å². The van der Waals surface area contributed by atoms with Crippen LogP contribution in [0.15, 0.2) is 29.3 Å². The second-order valence-electron chi connectivity index (χ2n) is 4.66. The van der Waals surface area contributed by atoms with Crippen LogP contribution in [0.25, 0.3) is 0 Å². The number of guanidine groups is 1. The van der Waals surface area contributed by atoms with Crippen LogP contribution < -0.4 is 15.4 Å². The number of aliphatic imine (C=N–C) groups is 1. The van der Waals surface area contributed by atoms with Crippen LogP contribution in [-0.4, -0.2) is 32.2 Å². The molecule has 1 aromatic carbocycles. The van der Waals surface area contributed by atoms with Crippen molar-refractivity contribution in [1.82, 2.24) is 10.6 Å². The lowest BCUT2D eigenvalue weighted by molar-refractivity contribution is 0.414. The Hall–Kier alpha value is -1.71. The van der Waals surface area contributed by atoms with Crippen LogP contribution in [0.5, 0.6) is 5.75 Å². The Labute approximate surface area is 116 Å². The molecule has 0 saturated heterocycles. The van der Waals surface area contributed by atoms with E-state index in [0.29, 0.717) is 6.04 Å². The Morgan fingerprint density at radius 1 is 1.37 bits per heavy atom. The predicted octanol–water partition coefficient (Wildman–Crippen LogP) is 2.20. The Bertz CT molecular complexity index is 402. The first-order valence-electron chi connectivity index (χ1n) is 6.83. The van der Waals surface area contributed by atoms with Crippen molar-refractivity contribution in [2.75, 3.05) is 20.2 Å². The molecule has 4 heteroatoms. The first-order chi connectivity index (χ1) is 9.15. The minimum absolute atomic E-state index is 0.384. The van der Waals surface area contributed by atoms with Crippen molar-refractivity contribution in [3.63, 3.8) is 0 Å². The Balaban J connectivity index is 2.53. The zero-order chi connectivity index (χ0) is 14.1. The largest absolute Gasteiger partial charge is 0.497 e. The number of ether oxygens (including phenoxy) is 1. The van der Waals surface area contributed by atoms with E-state index in [9.17, 15) is 0 Å². The Kier molecular flexibility index (Phi) is 6.79. The molecule has 0 unspecified atom stereocenters. The van der Waals surface area contributed by atoms with Crippen molar-refractivity contribution >= 4 is 5.96 Å². The van der Waals surface area contributed by atoms with E-state index in [1.165, 1.54) is 5.56 Å². The molecule has 0 radical (unpaired) electrons. The number of benzene rings is 1. The van der Waals surface area contributed by atoms with E-state index in [1.807, 2.05) is 12.1 Å². The minimum atomic E-state index is 0.384. The van der Waals surface area contributed by atoms with Crippen molar-refractivity contribution in [2.24, 2.45) is 4.99 Å². The second kappa shape index (κ2) is 8.40. The van der Waals surface area contributed by atoms with Crippen LogP contribution in [0.3, 0.4) is 0 Å². The summed E-state index contributed by atoms with van der Waals surface area (Å²) in [5.41, 5.74) is 1.24. The quantitative estimate of drug-likeness (QED) is 0.611. The standard InChI is InChI=1S/C15H25N3O/c1-5-16-15(18-12(2)3)17-10-9-13-7-6-8-14(11-13)19-4/h6-8,11-12H,5,9-10H2,1-4H3,(H2,16,17,18). The van der Waals surface area contributed by atoms with Gasteiger partial charge in [0.2, 0.25) is 0 Å². The fourth-order valence-corrected chi connectivity index (χ4v) is 1.72. The van der Waals surface area contributed by atoms with E-state index < -0.39 is 0 Å². The van der Waals surface area contributed by atoms with Crippen LogP contribution in [0, 0.1) is 0 Å². The molecule has 0 bridgehead atoms. The molecule has 0 saturated carbocycles. The Morgan fingerprint density at radius 2 is 2.16 bits per heavy atom. The van der Waals surface area contributed by atoms with Crippen molar-refractivity contribution in [2.45, 2.75) is 33.2 Å². The molecule has 1 rings (SSSR count).